The van der Waals surface area contributed by atoms with Crippen LogP contribution < -0.4 is 4.90 Å². The zero-order valence-electron chi connectivity index (χ0n) is 14.9. The zero-order valence-corrected chi connectivity index (χ0v) is 14.9. The average Bonchev–Trinajstić information content (AvgIpc) is 3.03. The second-order valence-electron chi connectivity index (χ2n) is 6.59. The molecule has 1 heterocycles. The maximum atomic E-state index is 12.4. The average molecular weight is 351 g/mol. The number of ether oxygens (including phenoxy) is 1. The third-order valence-corrected chi connectivity index (χ3v) is 4.56. The monoisotopic (exact) mass is 351 g/mol. The van der Waals surface area contributed by atoms with Gasteiger partial charge in [0.1, 0.15) is 0 Å². The molecule has 1 fully saturated rings. The summed E-state index contributed by atoms with van der Waals surface area (Å²) in [6.07, 6.45) is 0.103. The minimum Gasteiger partial charge on any atom is -0.457 e. The van der Waals surface area contributed by atoms with Gasteiger partial charge in [-0.05, 0) is 31.0 Å². The van der Waals surface area contributed by atoms with Crippen LogP contribution in [0.4, 0.5) is 5.69 Å². The van der Waals surface area contributed by atoms with Crippen molar-refractivity contribution in [2.45, 2.75) is 20.3 Å². The highest BCUT2D eigenvalue weighted by Crippen LogP contribution is 2.29. The summed E-state index contributed by atoms with van der Waals surface area (Å²) < 4.78 is 5.16. The highest BCUT2D eigenvalue weighted by atomic mass is 16.5. The van der Waals surface area contributed by atoms with Crippen molar-refractivity contribution in [3.8, 4) is 0 Å². The molecule has 0 bridgehead atoms. The van der Waals surface area contributed by atoms with Crippen LogP contribution >= 0.6 is 0 Å². The molecule has 1 aliphatic heterocycles. The van der Waals surface area contributed by atoms with E-state index in [4.69, 9.17) is 4.74 Å². The molecule has 0 aliphatic carbocycles. The number of ketones is 1. The van der Waals surface area contributed by atoms with Gasteiger partial charge < -0.3 is 9.64 Å². The molecular formula is C21H21NO4. The summed E-state index contributed by atoms with van der Waals surface area (Å²) >= 11 is 0. The van der Waals surface area contributed by atoms with Crippen molar-refractivity contribution in [3.63, 3.8) is 0 Å². The third kappa shape index (κ3) is 3.82. The van der Waals surface area contributed by atoms with E-state index >= 15 is 0 Å². The van der Waals surface area contributed by atoms with E-state index < -0.39 is 11.9 Å². The lowest BCUT2D eigenvalue weighted by molar-refractivity contribution is -0.147. The number of benzene rings is 2. The summed E-state index contributed by atoms with van der Waals surface area (Å²) in [4.78, 5) is 38.3. The fraction of sp³-hybridized carbons (Fsp3) is 0.286. The first-order valence-electron chi connectivity index (χ1n) is 8.58. The number of carbonyl (C=O) groups excluding carboxylic acids is 3. The third-order valence-electron chi connectivity index (χ3n) is 4.56. The predicted molar refractivity (Wildman–Crippen MR) is 98.1 cm³/mol. The Bertz CT molecular complexity index is 844. The Kier molecular flexibility index (Phi) is 5.16. The van der Waals surface area contributed by atoms with Crippen LogP contribution in [0.2, 0.25) is 0 Å². The van der Waals surface area contributed by atoms with Gasteiger partial charge in [-0.1, -0.05) is 42.5 Å². The Balaban J connectivity index is 1.62. The molecule has 0 radical (unpaired) electrons. The molecule has 0 saturated carbocycles. The summed E-state index contributed by atoms with van der Waals surface area (Å²) in [6.45, 7) is 3.87. The number of hydrogen-bond acceptors (Lipinski definition) is 4. The summed E-state index contributed by atoms with van der Waals surface area (Å²) in [6, 6.07) is 14.6. The number of nitrogens with zero attached hydrogens (tertiary/aromatic N) is 1. The van der Waals surface area contributed by atoms with Crippen LogP contribution in [0.25, 0.3) is 0 Å². The summed E-state index contributed by atoms with van der Waals surface area (Å²) in [5, 5.41) is 0. The van der Waals surface area contributed by atoms with Gasteiger partial charge in [0.25, 0.3) is 0 Å². The largest absolute Gasteiger partial charge is 0.457 e. The Morgan fingerprint density at radius 2 is 1.85 bits per heavy atom. The van der Waals surface area contributed by atoms with Crippen LogP contribution in [-0.2, 0) is 14.3 Å². The topological polar surface area (TPSA) is 63.7 Å². The molecule has 2 aromatic rings. The molecule has 1 aliphatic rings. The molecule has 2 aromatic carbocycles. The normalized spacial score (nSPS) is 16.6. The smallest absolute Gasteiger partial charge is 0.311 e. The minimum atomic E-state index is -0.550. The van der Waals surface area contributed by atoms with E-state index in [1.54, 1.807) is 29.2 Å². The van der Waals surface area contributed by atoms with E-state index in [1.807, 2.05) is 38.1 Å². The second-order valence-corrected chi connectivity index (χ2v) is 6.59. The van der Waals surface area contributed by atoms with Gasteiger partial charge in [0.2, 0.25) is 5.91 Å². The highest BCUT2D eigenvalue weighted by Gasteiger charge is 2.36. The van der Waals surface area contributed by atoms with Crippen molar-refractivity contribution in [3.05, 3.63) is 65.2 Å². The van der Waals surface area contributed by atoms with Crippen LogP contribution in [0, 0.1) is 19.8 Å². The Hall–Kier alpha value is -2.95. The van der Waals surface area contributed by atoms with Crippen molar-refractivity contribution < 1.29 is 19.1 Å². The van der Waals surface area contributed by atoms with Crippen LogP contribution in [0.5, 0.6) is 0 Å². The fourth-order valence-electron chi connectivity index (χ4n) is 3.07. The van der Waals surface area contributed by atoms with Gasteiger partial charge >= 0.3 is 5.97 Å². The molecule has 5 nitrogen and oxygen atoms in total. The molecule has 0 N–H and O–H groups in total. The van der Waals surface area contributed by atoms with Crippen LogP contribution in [-0.4, -0.2) is 30.8 Å². The lowest BCUT2D eigenvalue weighted by atomic mass is 10.1. The summed E-state index contributed by atoms with van der Waals surface area (Å²) in [7, 11) is 0. The van der Waals surface area contributed by atoms with Gasteiger partial charge in [-0.3, -0.25) is 14.4 Å². The number of hydrogen-bond donors (Lipinski definition) is 0. The van der Waals surface area contributed by atoms with Crippen LogP contribution in [0.1, 0.15) is 27.9 Å². The Morgan fingerprint density at radius 3 is 2.58 bits per heavy atom. The first-order chi connectivity index (χ1) is 12.5. The van der Waals surface area contributed by atoms with E-state index in [2.05, 4.69) is 0 Å². The zero-order chi connectivity index (χ0) is 18.7. The number of rotatable bonds is 5. The van der Waals surface area contributed by atoms with E-state index in [0.29, 0.717) is 5.56 Å². The molecular weight excluding hydrogens is 330 g/mol. The van der Waals surface area contributed by atoms with Crippen molar-refractivity contribution in [1.29, 1.82) is 0 Å². The molecule has 134 valence electrons. The molecule has 1 amide bonds. The van der Waals surface area contributed by atoms with Gasteiger partial charge in [0, 0.05) is 24.2 Å². The van der Waals surface area contributed by atoms with Crippen LogP contribution in [0.15, 0.2) is 48.5 Å². The Morgan fingerprint density at radius 1 is 1.12 bits per heavy atom. The van der Waals surface area contributed by atoms with Crippen molar-refractivity contribution in [2.75, 3.05) is 18.1 Å². The van der Waals surface area contributed by atoms with E-state index in [-0.39, 0.29) is 31.3 Å². The second kappa shape index (κ2) is 7.52. The maximum Gasteiger partial charge on any atom is 0.311 e. The van der Waals surface area contributed by atoms with Gasteiger partial charge in [-0.15, -0.1) is 0 Å². The molecule has 0 aromatic heterocycles. The molecule has 0 unspecified atom stereocenters. The quantitative estimate of drug-likeness (QED) is 0.613. The van der Waals surface area contributed by atoms with E-state index in [1.165, 1.54) is 0 Å². The van der Waals surface area contributed by atoms with E-state index in [9.17, 15) is 14.4 Å². The van der Waals surface area contributed by atoms with Gasteiger partial charge in [-0.25, -0.2) is 0 Å². The first-order valence-corrected chi connectivity index (χ1v) is 8.58. The lowest BCUT2D eigenvalue weighted by Crippen LogP contribution is -2.27. The summed E-state index contributed by atoms with van der Waals surface area (Å²) in [5.74, 6) is -1.41. The number of carbonyl (C=O) groups is 3. The lowest BCUT2D eigenvalue weighted by Gasteiger charge is -2.19. The number of anilines is 1. The van der Waals surface area contributed by atoms with E-state index in [0.717, 1.165) is 16.8 Å². The number of Topliss-reactive ketones (excluding diaryl/α,β-unsaturated/α-hetero) is 1. The number of aryl methyl sites for hydroxylation is 2. The van der Waals surface area contributed by atoms with Crippen molar-refractivity contribution in [2.24, 2.45) is 5.92 Å². The molecule has 1 saturated heterocycles. The van der Waals surface area contributed by atoms with Crippen LogP contribution in [0.3, 0.4) is 0 Å². The SMILES string of the molecule is Cc1ccc(C)c(N2C[C@H](C(=O)OCC(=O)c3ccccc3)CC2=O)c1. The number of esters is 1. The molecule has 3 rings (SSSR count). The molecule has 1 atom stereocenters. The Labute approximate surface area is 152 Å². The number of amides is 1. The molecule has 26 heavy (non-hydrogen) atoms. The van der Waals surface area contributed by atoms with Crippen molar-refractivity contribution in [1.82, 2.24) is 0 Å². The first kappa shape index (κ1) is 17.9. The highest BCUT2D eigenvalue weighted by molar-refractivity contribution is 6.01. The van der Waals surface area contributed by atoms with Gasteiger partial charge in [0.15, 0.2) is 12.4 Å². The standard InChI is InChI=1S/C21H21NO4/c1-14-8-9-15(2)18(10-14)22-12-17(11-20(22)24)21(25)26-13-19(23)16-6-4-3-5-7-16/h3-10,17H,11-13H2,1-2H3/t17-/m1/s1. The maximum absolute atomic E-state index is 12.4. The fourth-order valence-corrected chi connectivity index (χ4v) is 3.07. The summed E-state index contributed by atoms with van der Waals surface area (Å²) in [5.41, 5.74) is 3.36. The molecule has 0 spiro atoms. The van der Waals surface area contributed by atoms with Crippen molar-refractivity contribution >= 4 is 23.3 Å². The van der Waals surface area contributed by atoms with Gasteiger partial charge in [0.05, 0.1) is 5.92 Å². The molecule has 5 heteroatoms. The minimum absolute atomic E-state index is 0.102. The van der Waals surface area contributed by atoms with Gasteiger partial charge in [-0.2, -0.15) is 0 Å². The predicted octanol–water partition coefficient (Wildman–Crippen LogP) is 3.08.